The molecule has 0 amide bonds. The predicted octanol–water partition coefficient (Wildman–Crippen LogP) is 10.1. The van der Waals surface area contributed by atoms with Crippen LogP contribution in [0.3, 0.4) is 0 Å². The minimum Gasteiger partial charge on any atom is -0.543 e. The first-order chi connectivity index (χ1) is 15.9. The van der Waals surface area contributed by atoms with Gasteiger partial charge in [-0.2, -0.15) is 0 Å². The maximum atomic E-state index is 7.04. The molecule has 0 atom stereocenters. The largest absolute Gasteiger partial charge is 0.543 e. The highest BCUT2D eigenvalue weighted by atomic mass is 32.2. The van der Waals surface area contributed by atoms with Crippen molar-refractivity contribution in [3.05, 3.63) is 52.6 Å². The van der Waals surface area contributed by atoms with Crippen molar-refractivity contribution in [1.82, 2.24) is 0 Å². The van der Waals surface area contributed by atoms with Gasteiger partial charge in [-0.15, -0.1) is 0 Å². The van der Waals surface area contributed by atoms with Crippen molar-refractivity contribution in [2.24, 2.45) is 0 Å². The zero-order valence-electron chi connectivity index (χ0n) is 24.7. The van der Waals surface area contributed by atoms with Crippen LogP contribution in [-0.2, 0) is 10.8 Å². The molecule has 0 aliphatic rings. The molecule has 0 bridgehead atoms. The normalized spacial score (nSPS) is 13.3. The van der Waals surface area contributed by atoms with Gasteiger partial charge >= 0.3 is 0 Å². The topological polar surface area (TPSA) is 18.5 Å². The quantitative estimate of drug-likeness (QED) is 0.237. The van der Waals surface area contributed by atoms with E-state index in [9.17, 15) is 0 Å². The summed E-state index contributed by atoms with van der Waals surface area (Å²) in [4.78, 5) is 2.65. The second kappa shape index (κ2) is 11.2. The smallest absolute Gasteiger partial charge is 0.250 e. The van der Waals surface area contributed by atoms with Crippen LogP contribution in [-0.4, -0.2) is 23.2 Å². The Morgan fingerprint density at radius 2 is 1.29 bits per heavy atom. The van der Waals surface area contributed by atoms with E-state index in [1.165, 1.54) is 32.0 Å². The van der Waals surface area contributed by atoms with E-state index in [4.69, 9.17) is 8.85 Å². The van der Waals surface area contributed by atoms with Crippen LogP contribution in [0.4, 0.5) is 0 Å². The molecule has 0 saturated heterocycles. The maximum absolute atomic E-state index is 7.04. The summed E-state index contributed by atoms with van der Waals surface area (Å²) < 4.78 is 13.6. The van der Waals surface area contributed by atoms with Crippen molar-refractivity contribution < 1.29 is 8.85 Å². The van der Waals surface area contributed by atoms with Crippen molar-refractivity contribution in [3.63, 3.8) is 0 Å². The lowest BCUT2D eigenvalue weighted by molar-refractivity contribution is 0.282. The summed E-state index contributed by atoms with van der Waals surface area (Å²) >= 11 is 1.88. The molecule has 196 valence electrons. The van der Waals surface area contributed by atoms with Gasteiger partial charge in [-0.3, -0.25) is 0 Å². The molecule has 0 aliphatic heterocycles. The Bertz CT molecular complexity index is 1000. The minimum absolute atomic E-state index is 0.154. The van der Waals surface area contributed by atoms with E-state index in [0.29, 0.717) is 0 Å². The zero-order valence-corrected chi connectivity index (χ0v) is 27.5. The summed E-state index contributed by atoms with van der Waals surface area (Å²) in [6.07, 6.45) is 1.99. The van der Waals surface area contributed by atoms with Gasteiger partial charge in [0, 0.05) is 16.4 Å². The van der Waals surface area contributed by atoms with Crippen LogP contribution in [0.1, 0.15) is 70.2 Å². The summed E-state index contributed by atoms with van der Waals surface area (Å²) in [7, 11) is -3.72. The van der Waals surface area contributed by atoms with Crippen molar-refractivity contribution in [2.45, 2.75) is 121 Å². The van der Waals surface area contributed by atoms with E-state index in [0.717, 1.165) is 25.2 Å². The van der Waals surface area contributed by atoms with Gasteiger partial charge in [-0.1, -0.05) is 71.5 Å². The first-order valence-corrected chi connectivity index (χ1v) is 19.7. The highest BCUT2D eigenvalue weighted by Crippen LogP contribution is 2.45. The Morgan fingerprint density at radius 3 is 1.80 bits per heavy atom. The summed E-state index contributed by atoms with van der Waals surface area (Å²) in [6.45, 7) is 30.9. The van der Waals surface area contributed by atoms with Crippen molar-refractivity contribution in [1.29, 1.82) is 0 Å². The maximum Gasteiger partial charge on any atom is 0.250 e. The predicted molar refractivity (Wildman–Crippen MR) is 161 cm³/mol. The summed E-state index contributed by atoms with van der Waals surface area (Å²) in [5, 5.41) is 0.390. The number of hydrogen-bond donors (Lipinski definition) is 0. The molecule has 0 fully saturated rings. The van der Waals surface area contributed by atoms with E-state index in [1.807, 2.05) is 11.8 Å². The Labute approximate surface area is 222 Å². The number of hydrogen-bond acceptors (Lipinski definition) is 3. The molecule has 2 rings (SSSR count). The summed E-state index contributed by atoms with van der Waals surface area (Å²) in [5.74, 6) is 1.14. The molecule has 0 aliphatic carbocycles. The van der Waals surface area contributed by atoms with E-state index in [-0.39, 0.29) is 10.1 Å². The molecule has 5 heteroatoms. The third kappa shape index (κ3) is 7.27. The van der Waals surface area contributed by atoms with Crippen molar-refractivity contribution >= 4 is 28.4 Å². The van der Waals surface area contributed by atoms with Gasteiger partial charge < -0.3 is 8.85 Å². The number of benzene rings is 2. The van der Waals surface area contributed by atoms with Crippen LogP contribution in [0, 0.1) is 20.8 Å². The van der Waals surface area contributed by atoms with Gasteiger partial charge in [0.15, 0.2) is 8.32 Å². The van der Waals surface area contributed by atoms with Crippen molar-refractivity contribution in [3.8, 4) is 5.75 Å². The fourth-order valence-electron chi connectivity index (χ4n) is 3.56. The minimum atomic E-state index is -1.98. The molecular weight excluding hydrogens is 481 g/mol. The second-order valence-electron chi connectivity index (χ2n) is 13.0. The number of rotatable bonds is 9. The molecule has 2 aromatic rings. The Hall–Kier alpha value is -1.02. The highest BCUT2D eigenvalue weighted by molar-refractivity contribution is 7.99. The van der Waals surface area contributed by atoms with Gasteiger partial charge in [-0.25, -0.2) is 0 Å². The van der Waals surface area contributed by atoms with Crippen LogP contribution in [0.25, 0.3) is 0 Å². The summed E-state index contributed by atoms with van der Waals surface area (Å²) in [5.41, 5.74) is 5.36. The van der Waals surface area contributed by atoms with Gasteiger partial charge in [0.1, 0.15) is 5.75 Å². The van der Waals surface area contributed by atoms with Gasteiger partial charge in [0.25, 0.3) is 8.32 Å². The average Bonchev–Trinajstić information content (AvgIpc) is 2.73. The Kier molecular flexibility index (Phi) is 9.63. The molecule has 0 unspecified atom stereocenters. The van der Waals surface area contributed by atoms with Gasteiger partial charge in [-0.05, 0) is 104 Å². The Balaban J connectivity index is 2.46. The first-order valence-electron chi connectivity index (χ1n) is 13.1. The van der Waals surface area contributed by atoms with E-state index < -0.39 is 16.6 Å². The Morgan fingerprint density at radius 1 is 0.743 bits per heavy atom. The average molecular weight is 531 g/mol. The van der Waals surface area contributed by atoms with Crippen molar-refractivity contribution in [2.75, 3.05) is 6.61 Å². The van der Waals surface area contributed by atoms with Gasteiger partial charge in [0.05, 0.1) is 0 Å². The van der Waals surface area contributed by atoms with E-state index in [1.54, 1.807) is 0 Å². The summed E-state index contributed by atoms with van der Waals surface area (Å²) in [6, 6.07) is 10.7. The molecule has 35 heavy (non-hydrogen) atoms. The van der Waals surface area contributed by atoms with E-state index in [2.05, 4.69) is 119 Å². The molecule has 0 radical (unpaired) electrons. The second-order valence-corrected chi connectivity index (χ2v) is 23.6. The molecule has 0 aromatic heterocycles. The van der Waals surface area contributed by atoms with Crippen LogP contribution in [0.2, 0.25) is 36.3 Å². The van der Waals surface area contributed by atoms with Gasteiger partial charge in [0.2, 0.25) is 0 Å². The van der Waals surface area contributed by atoms with Crippen LogP contribution >= 0.6 is 11.8 Å². The lowest BCUT2D eigenvalue weighted by Gasteiger charge is -2.38. The fraction of sp³-hybridized carbons (Fsp3) is 0.600. The van der Waals surface area contributed by atoms with Crippen LogP contribution in [0.5, 0.6) is 5.75 Å². The zero-order chi connectivity index (χ0) is 26.8. The molecule has 2 nitrogen and oxygen atoms in total. The standard InChI is InChI=1S/C30H50O2SSi2/c1-22-23(2)28(33-25-18-15-14-16-19-25)24(3)26(27(22)32-35(12,13)30(7,8)9)20-17-21-31-34(10,11)29(4,5)6/h14-16,18-19H,17,20-21H2,1-13H3. The third-order valence-corrected chi connectivity index (χ3v) is 18.5. The molecule has 0 heterocycles. The molecule has 0 N–H and O–H groups in total. The molecule has 0 spiro atoms. The lowest BCUT2D eigenvalue weighted by atomic mass is 9.96. The fourth-order valence-corrected chi connectivity index (χ4v) is 6.85. The van der Waals surface area contributed by atoms with Crippen LogP contribution < -0.4 is 4.43 Å². The van der Waals surface area contributed by atoms with Crippen LogP contribution in [0.15, 0.2) is 40.1 Å². The molecule has 2 aromatic carbocycles. The SMILES string of the molecule is Cc1c(C)c(Sc2ccccc2)c(C)c(CCCO[Si](C)(C)C(C)(C)C)c1O[Si](C)(C)C(C)(C)C. The first kappa shape index (κ1) is 30.2. The lowest BCUT2D eigenvalue weighted by Crippen LogP contribution is -2.44. The molecule has 0 saturated carbocycles. The molecular formula is C30H50O2SSi2. The third-order valence-electron chi connectivity index (χ3n) is 8.28. The monoisotopic (exact) mass is 530 g/mol. The highest BCUT2D eigenvalue weighted by Gasteiger charge is 2.40. The van der Waals surface area contributed by atoms with E-state index >= 15 is 0 Å².